The molecular formula is C21H19ClN4O3S2. The molecule has 2 aromatic carbocycles. The molecule has 0 aliphatic carbocycles. The zero-order valence-corrected chi connectivity index (χ0v) is 19.0. The quantitative estimate of drug-likeness (QED) is 0.379. The largest absolute Gasteiger partial charge is 0.331 e. The lowest BCUT2D eigenvalue weighted by Gasteiger charge is -2.07. The molecule has 0 aliphatic heterocycles. The molecular weight excluding hydrogens is 456 g/mol. The Balaban J connectivity index is 0.00000132. The van der Waals surface area contributed by atoms with Crippen LogP contribution in [0.5, 0.6) is 0 Å². The SMILES string of the molecule is CC.O=C(Nc1ccc(-c2n[nH]c3ccccc3c2=O)cc1)NS(=O)c1ccc(Cl)s1. The Hall–Kier alpha value is -3.01. The third-order valence-corrected chi connectivity index (χ3v) is 6.61. The maximum atomic E-state index is 12.6. The number of hydrogen-bond acceptors (Lipinski definition) is 5. The second-order valence-corrected chi connectivity index (χ2v) is 9.06. The van der Waals surface area contributed by atoms with Gasteiger partial charge in [0.05, 0.1) is 9.85 Å². The average Bonchev–Trinajstić information content (AvgIpc) is 3.23. The van der Waals surface area contributed by atoms with Crippen LogP contribution in [0, 0.1) is 0 Å². The molecule has 1 unspecified atom stereocenters. The van der Waals surface area contributed by atoms with Gasteiger partial charge in [0, 0.05) is 16.6 Å². The van der Waals surface area contributed by atoms with E-state index in [9.17, 15) is 13.8 Å². The van der Waals surface area contributed by atoms with E-state index in [1.807, 2.05) is 19.9 Å². The number of fused-ring (bicyclic) bond motifs is 1. The molecule has 10 heteroatoms. The van der Waals surface area contributed by atoms with Crippen molar-refractivity contribution in [1.82, 2.24) is 14.9 Å². The molecule has 7 nitrogen and oxygen atoms in total. The lowest BCUT2D eigenvalue weighted by Crippen LogP contribution is -2.30. The number of aromatic nitrogens is 2. The molecule has 2 aromatic heterocycles. The number of amides is 2. The standard InChI is InChI=1S/C19H13ClN4O3S2.C2H6/c20-15-9-10-16(28-15)29(27)24-19(26)21-12-7-5-11(6-8-12)17-18(25)13-3-1-2-4-14(13)22-23-17;1-2/h1-10H,(H,22,25)(H2,21,24,26);1-2H3. The number of thiophene rings is 1. The number of carbonyl (C=O) groups excluding carboxylic acids is 1. The van der Waals surface area contributed by atoms with Gasteiger partial charge in [-0.3, -0.25) is 14.6 Å². The molecule has 0 saturated carbocycles. The van der Waals surface area contributed by atoms with Gasteiger partial charge in [-0.15, -0.1) is 11.3 Å². The molecule has 0 aliphatic rings. The van der Waals surface area contributed by atoms with Crippen molar-refractivity contribution < 1.29 is 9.00 Å². The molecule has 2 amide bonds. The van der Waals surface area contributed by atoms with Gasteiger partial charge in [0.1, 0.15) is 9.90 Å². The monoisotopic (exact) mass is 474 g/mol. The summed E-state index contributed by atoms with van der Waals surface area (Å²) in [5, 5.41) is 10.2. The van der Waals surface area contributed by atoms with Gasteiger partial charge in [-0.2, -0.15) is 5.10 Å². The number of H-pyrrole nitrogens is 1. The van der Waals surface area contributed by atoms with Crippen molar-refractivity contribution in [1.29, 1.82) is 0 Å². The first kappa shape index (κ1) is 22.7. The number of rotatable bonds is 4. The van der Waals surface area contributed by atoms with E-state index in [1.165, 1.54) is 0 Å². The number of nitrogens with one attached hydrogen (secondary N) is 3. The van der Waals surface area contributed by atoms with Gasteiger partial charge in [-0.1, -0.05) is 49.7 Å². The lowest BCUT2D eigenvalue weighted by molar-refractivity contribution is 0.257. The number of benzene rings is 2. The first-order valence-electron chi connectivity index (χ1n) is 9.34. The van der Waals surface area contributed by atoms with Crippen LogP contribution >= 0.6 is 22.9 Å². The molecule has 160 valence electrons. The molecule has 3 N–H and O–H groups in total. The average molecular weight is 475 g/mol. The number of anilines is 1. The lowest BCUT2D eigenvalue weighted by atomic mass is 10.1. The summed E-state index contributed by atoms with van der Waals surface area (Å²) in [6.07, 6.45) is 0. The molecule has 1 atom stereocenters. The van der Waals surface area contributed by atoms with Crippen molar-refractivity contribution in [2.24, 2.45) is 0 Å². The maximum absolute atomic E-state index is 12.6. The van der Waals surface area contributed by atoms with Crippen LogP contribution in [0.4, 0.5) is 10.5 Å². The van der Waals surface area contributed by atoms with Crippen LogP contribution in [-0.4, -0.2) is 20.4 Å². The molecule has 0 bridgehead atoms. The summed E-state index contributed by atoms with van der Waals surface area (Å²) in [5.41, 5.74) is 1.86. The van der Waals surface area contributed by atoms with E-state index in [4.69, 9.17) is 11.6 Å². The Morgan fingerprint density at radius 2 is 1.77 bits per heavy atom. The number of para-hydroxylation sites is 1. The third-order valence-electron chi connectivity index (χ3n) is 4.01. The normalized spacial score (nSPS) is 11.3. The fourth-order valence-electron chi connectivity index (χ4n) is 2.67. The Morgan fingerprint density at radius 3 is 2.45 bits per heavy atom. The Kier molecular flexibility index (Phi) is 7.56. The minimum absolute atomic E-state index is 0.178. The van der Waals surface area contributed by atoms with Crippen LogP contribution in [0.1, 0.15) is 13.8 Å². The summed E-state index contributed by atoms with van der Waals surface area (Å²) >= 11 is 6.93. The number of urea groups is 1. The molecule has 0 fully saturated rings. The predicted octanol–water partition coefficient (Wildman–Crippen LogP) is 5.18. The van der Waals surface area contributed by atoms with Crippen molar-refractivity contribution in [3.05, 3.63) is 75.2 Å². The first-order valence-corrected chi connectivity index (χ1v) is 11.7. The van der Waals surface area contributed by atoms with Crippen LogP contribution in [0.25, 0.3) is 22.2 Å². The molecule has 4 rings (SSSR count). The fraction of sp³-hybridized carbons (Fsp3) is 0.0952. The first-order chi connectivity index (χ1) is 15.0. The number of aromatic amines is 1. The molecule has 31 heavy (non-hydrogen) atoms. The van der Waals surface area contributed by atoms with Crippen LogP contribution in [0.15, 0.2) is 69.7 Å². The molecule has 0 spiro atoms. The minimum Gasteiger partial charge on any atom is -0.307 e. The molecule has 2 heterocycles. The van der Waals surface area contributed by atoms with Crippen LogP contribution in [-0.2, 0) is 11.0 Å². The number of hydrogen-bond donors (Lipinski definition) is 3. The smallest absolute Gasteiger partial charge is 0.307 e. The highest BCUT2D eigenvalue weighted by Gasteiger charge is 2.12. The Morgan fingerprint density at radius 1 is 1.06 bits per heavy atom. The summed E-state index contributed by atoms with van der Waals surface area (Å²) < 4.78 is 15.4. The fourth-order valence-corrected chi connectivity index (χ4v) is 4.79. The summed E-state index contributed by atoms with van der Waals surface area (Å²) in [5.74, 6) is 0. The van der Waals surface area contributed by atoms with Crippen molar-refractivity contribution >= 4 is 56.5 Å². The van der Waals surface area contributed by atoms with Crippen molar-refractivity contribution in [2.75, 3.05) is 5.32 Å². The summed E-state index contributed by atoms with van der Waals surface area (Å²) in [7, 11) is -1.70. The highest BCUT2D eigenvalue weighted by molar-refractivity contribution is 7.86. The maximum Gasteiger partial charge on any atom is 0.331 e. The zero-order chi connectivity index (χ0) is 22.4. The minimum atomic E-state index is -1.70. The van der Waals surface area contributed by atoms with Gasteiger partial charge in [0.2, 0.25) is 5.43 Å². The van der Waals surface area contributed by atoms with E-state index in [-0.39, 0.29) is 11.1 Å². The van der Waals surface area contributed by atoms with E-state index >= 15 is 0 Å². The van der Waals surface area contributed by atoms with Gasteiger partial charge in [0.15, 0.2) is 11.0 Å². The van der Waals surface area contributed by atoms with E-state index < -0.39 is 17.0 Å². The van der Waals surface area contributed by atoms with E-state index in [0.717, 1.165) is 11.3 Å². The molecule has 4 aromatic rings. The second kappa shape index (κ2) is 10.3. The predicted molar refractivity (Wildman–Crippen MR) is 127 cm³/mol. The summed E-state index contributed by atoms with van der Waals surface area (Å²) in [6.45, 7) is 4.00. The molecule has 0 radical (unpaired) electrons. The second-order valence-electron chi connectivity index (χ2n) is 5.91. The van der Waals surface area contributed by atoms with E-state index in [1.54, 1.807) is 54.6 Å². The molecule has 0 saturated heterocycles. The van der Waals surface area contributed by atoms with Crippen LogP contribution < -0.4 is 15.5 Å². The topological polar surface area (TPSA) is 104 Å². The van der Waals surface area contributed by atoms with Crippen LogP contribution in [0.3, 0.4) is 0 Å². The van der Waals surface area contributed by atoms with Gasteiger partial charge in [0.25, 0.3) is 0 Å². The zero-order valence-electron chi connectivity index (χ0n) is 16.6. The van der Waals surface area contributed by atoms with Gasteiger partial charge in [-0.25, -0.2) is 9.00 Å². The van der Waals surface area contributed by atoms with E-state index in [0.29, 0.717) is 30.7 Å². The van der Waals surface area contributed by atoms with Gasteiger partial charge in [-0.05, 0) is 36.4 Å². The van der Waals surface area contributed by atoms with Gasteiger partial charge >= 0.3 is 6.03 Å². The Labute approximate surface area is 190 Å². The Bertz CT molecular complexity index is 1290. The van der Waals surface area contributed by atoms with Crippen molar-refractivity contribution in [3.8, 4) is 11.3 Å². The van der Waals surface area contributed by atoms with Crippen molar-refractivity contribution in [2.45, 2.75) is 18.1 Å². The highest BCUT2D eigenvalue weighted by Crippen LogP contribution is 2.23. The highest BCUT2D eigenvalue weighted by atomic mass is 35.5. The third kappa shape index (κ3) is 5.38. The summed E-state index contributed by atoms with van der Waals surface area (Å²) in [6, 6.07) is 16.3. The van der Waals surface area contributed by atoms with E-state index in [2.05, 4.69) is 20.2 Å². The number of halogens is 1. The summed E-state index contributed by atoms with van der Waals surface area (Å²) in [4.78, 5) is 24.7. The number of carbonyl (C=O) groups is 1. The van der Waals surface area contributed by atoms with Crippen molar-refractivity contribution in [3.63, 3.8) is 0 Å². The van der Waals surface area contributed by atoms with Gasteiger partial charge < -0.3 is 5.32 Å². The number of nitrogens with zero attached hydrogens (tertiary/aromatic N) is 1. The van der Waals surface area contributed by atoms with Crippen LogP contribution in [0.2, 0.25) is 4.34 Å².